The fraction of sp³-hybridized carbons (Fsp3) is 0.429. The summed E-state index contributed by atoms with van der Waals surface area (Å²) in [4.78, 5) is 1.83. The maximum Gasteiger partial charge on any atom is 0.416 e. The number of benzene rings is 2. The first kappa shape index (κ1) is 22.5. The molecule has 2 aromatic rings. The van der Waals surface area contributed by atoms with Crippen LogP contribution in [0.4, 0.5) is 22.0 Å². The minimum absolute atomic E-state index is 0.0288. The summed E-state index contributed by atoms with van der Waals surface area (Å²) in [5.74, 6) is -3.46. The number of rotatable bonds is 4. The van der Waals surface area contributed by atoms with Crippen LogP contribution in [0.2, 0.25) is 0 Å². The van der Waals surface area contributed by atoms with E-state index in [1.807, 2.05) is 4.90 Å². The van der Waals surface area contributed by atoms with E-state index in [1.54, 1.807) is 6.92 Å². The molecule has 30 heavy (non-hydrogen) atoms. The molecule has 2 atom stereocenters. The molecule has 1 heterocycles. The third-order valence-corrected chi connectivity index (χ3v) is 5.79. The number of halogens is 5. The number of alkyl halides is 3. The minimum atomic E-state index is -4.46. The second kappa shape index (κ2) is 8.13. The molecule has 3 rings (SSSR count). The van der Waals surface area contributed by atoms with E-state index in [0.717, 1.165) is 24.3 Å². The van der Waals surface area contributed by atoms with E-state index in [2.05, 4.69) is 0 Å². The summed E-state index contributed by atoms with van der Waals surface area (Å²) in [6.45, 7) is 2.30. The maximum atomic E-state index is 13.6. The van der Waals surface area contributed by atoms with Crippen molar-refractivity contribution in [2.75, 3.05) is 13.1 Å². The van der Waals surface area contributed by atoms with E-state index in [1.165, 1.54) is 12.1 Å². The number of hydrogen-bond acceptors (Lipinski definition) is 4. The van der Waals surface area contributed by atoms with Crippen LogP contribution in [-0.2, 0) is 11.8 Å². The predicted molar refractivity (Wildman–Crippen MR) is 98.6 cm³/mol. The third-order valence-electron chi connectivity index (χ3n) is 5.79. The highest BCUT2D eigenvalue weighted by Gasteiger charge is 2.38. The fourth-order valence-corrected chi connectivity index (χ4v) is 3.79. The zero-order chi connectivity index (χ0) is 22.3. The summed E-state index contributed by atoms with van der Waals surface area (Å²) in [5.41, 5.74) is -1.75. The van der Waals surface area contributed by atoms with Gasteiger partial charge in [-0.2, -0.15) is 13.2 Å². The van der Waals surface area contributed by atoms with Gasteiger partial charge in [-0.25, -0.2) is 8.78 Å². The molecule has 0 saturated carbocycles. The Morgan fingerprint density at radius 3 is 1.97 bits per heavy atom. The van der Waals surface area contributed by atoms with Gasteiger partial charge >= 0.3 is 6.18 Å². The lowest BCUT2D eigenvalue weighted by Crippen LogP contribution is -2.47. The van der Waals surface area contributed by atoms with Gasteiger partial charge in [0.25, 0.3) is 0 Å². The van der Waals surface area contributed by atoms with Crippen LogP contribution in [0.3, 0.4) is 0 Å². The van der Waals surface area contributed by atoms with Crippen LogP contribution >= 0.6 is 0 Å². The molecule has 0 aliphatic carbocycles. The molecule has 1 fully saturated rings. The molecule has 0 unspecified atom stereocenters. The van der Waals surface area contributed by atoms with Crippen molar-refractivity contribution in [3.63, 3.8) is 0 Å². The number of piperidine rings is 1. The lowest BCUT2D eigenvalue weighted by atomic mass is 9.83. The highest BCUT2D eigenvalue weighted by molar-refractivity contribution is 5.32. The van der Waals surface area contributed by atoms with E-state index < -0.39 is 46.9 Å². The van der Waals surface area contributed by atoms with Crippen molar-refractivity contribution >= 4 is 0 Å². The van der Waals surface area contributed by atoms with Crippen LogP contribution < -0.4 is 0 Å². The van der Waals surface area contributed by atoms with Gasteiger partial charge in [0, 0.05) is 19.1 Å². The van der Waals surface area contributed by atoms with Crippen molar-refractivity contribution in [3.8, 4) is 5.75 Å². The van der Waals surface area contributed by atoms with Crippen LogP contribution in [0.15, 0.2) is 36.4 Å². The number of aromatic hydroxyl groups is 1. The molecule has 9 heteroatoms. The number of hydrogen-bond donors (Lipinski definition) is 3. The average Bonchev–Trinajstić information content (AvgIpc) is 2.70. The number of aliphatic hydroxyl groups is 2. The van der Waals surface area contributed by atoms with Crippen LogP contribution in [-0.4, -0.2) is 39.4 Å². The second-order valence-corrected chi connectivity index (χ2v) is 7.66. The molecule has 0 aromatic heterocycles. The summed E-state index contributed by atoms with van der Waals surface area (Å²) < 4.78 is 65.4. The van der Waals surface area contributed by atoms with Crippen molar-refractivity contribution in [1.29, 1.82) is 0 Å². The van der Waals surface area contributed by atoms with Gasteiger partial charge in [0.15, 0.2) is 17.4 Å². The summed E-state index contributed by atoms with van der Waals surface area (Å²) in [6, 6.07) is 5.56. The molecule has 1 aliphatic rings. The fourth-order valence-electron chi connectivity index (χ4n) is 3.79. The molecule has 164 valence electrons. The number of likely N-dealkylation sites (tertiary alicyclic amines) is 1. The quantitative estimate of drug-likeness (QED) is 0.638. The number of phenolic OH excluding ortho intramolecular Hbond substituents is 1. The largest absolute Gasteiger partial charge is 0.503 e. The Morgan fingerprint density at radius 2 is 1.50 bits per heavy atom. The molecule has 1 aliphatic heterocycles. The van der Waals surface area contributed by atoms with Gasteiger partial charge in [0.2, 0.25) is 0 Å². The first-order valence-corrected chi connectivity index (χ1v) is 9.42. The van der Waals surface area contributed by atoms with Gasteiger partial charge < -0.3 is 15.3 Å². The zero-order valence-corrected chi connectivity index (χ0v) is 16.1. The Morgan fingerprint density at radius 1 is 1.00 bits per heavy atom. The standard InChI is InChI=1S/C21H22F5NO3/c1-12(18(28)13-10-16(22)19(29)17(23)11-13)27-8-6-20(30,7-9-27)14-2-4-15(5-3-14)21(24,25)26/h2-5,10-12,18,28-30H,6-9H2,1H3/t12-,18+/m1/s1. The first-order chi connectivity index (χ1) is 13.9. The van der Waals surface area contributed by atoms with E-state index in [9.17, 15) is 37.3 Å². The van der Waals surface area contributed by atoms with Crippen molar-refractivity contribution in [1.82, 2.24) is 4.90 Å². The van der Waals surface area contributed by atoms with Crippen molar-refractivity contribution in [2.24, 2.45) is 0 Å². The van der Waals surface area contributed by atoms with Crippen LogP contribution in [0.25, 0.3) is 0 Å². The molecule has 0 spiro atoms. The molecule has 4 nitrogen and oxygen atoms in total. The molecule has 2 aromatic carbocycles. The summed E-state index contributed by atoms with van der Waals surface area (Å²) >= 11 is 0. The topological polar surface area (TPSA) is 63.9 Å². The van der Waals surface area contributed by atoms with E-state index >= 15 is 0 Å². The molecule has 0 amide bonds. The smallest absolute Gasteiger partial charge is 0.416 e. The van der Waals surface area contributed by atoms with Gasteiger partial charge in [-0.05, 0) is 55.2 Å². The SMILES string of the molecule is C[C@H]([C@H](O)c1cc(F)c(O)c(F)c1)N1CCC(O)(c2ccc(C(F)(F)F)cc2)CC1. The molecular formula is C21H22F5NO3. The van der Waals surface area contributed by atoms with E-state index in [4.69, 9.17) is 0 Å². The number of aliphatic hydroxyl groups excluding tert-OH is 1. The van der Waals surface area contributed by atoms with Gasteiger partial charge in [0.05, 0.1) is 17.3 Å². The number of nitrogens with zero attached hydrogens (tertiary/aromatic N) is 1. The van der Waals surface area contributed by atoms with E-state index in [0.29, 0.717) is 18.7 Å². The molecule has 1 saturated heterocycles. The van der Waals surface area contributed by atoms with Crippen molar-refractivity contribution in [2.45, 2.75) is 43.7 Å². The molecular weight excluding hydrogens is 409 g/mol. The average molecular weight is 431 g/mol. The minimum Gasteiger partial charge on any atom is -0.503 e. The highest BCUT2D eigenvalue weighted by Crippen LogP contribution is 2.37. The van der Waals surface area contributed by atoms with Gasteiger partial charge in [-0.3, -0.25) is 4.90 Å². The Kier molecular flexibility index (Phi) is 6.08. The summed E-state index contributed by atoms with van der Waals surface area (Å²) in [5, 5.41) is 30.6. The van der Waals surface area contributed by atoms with E-state index in [-0.39, 0.29) is 18.4 Å². The third kappa shape index (κ3) is 4.43. The molecule has 0 radical (unpaired) electrons. The zero-order valence-electron chi connectivity index (χ0n) is 16.1. The molecule has 3 N–H and O–H groups in total. The summed E-state index contributed by atoms with van der Waals surface area (Å²) in [7, 11) is 0. The van der Waals surface area contributed by atoms with Crippen LogP contribution in [0.5, 0.6) is 5.75 Å². The second-order valence-electron chi connectivity index (χ2n) is 7.66. The molecule has 0 bridgehead atoms. The Labute approximate surface area is 170 Å². The highest BCUT2D eigenvalue weighted by atomic mass is 19.4. The van der Waals surface area contributed by atoms with Crippen molar-refractivity contribution < 1.29 is 37.3 Å². The van der Waals surface area contributed by atoms with Gasteiger partial charge in [0.1, 0.15) is 0 Å². The number of phenols is 1. The Balaban J connectivity index is 1.68. The Hall–Kier alpha value is -2.23. The van der Waals surface area contributed by atoms with Crippen LogP contribution in [0, 0.1) is 11.6 Å². The van der Waals surface area contributed by atoms with Crippen molar-refractivity contribution in [3.05, 3.63) is 64.7 Å². The monoisotopic (exact) mass is 431 g/mol. The van der Waals surface area contributed by atoms with Crippen LogP contribution in [0.1, 0.15) is 42.6 Å². The normalized spacial score (nSPS) is 19.5. The first-order valence-electron chi connectivity index (χ1n) is 9.42. The lowest BCUT2D eigenvalue weighted by molar-refractivity contribution is -0.137. The predicted octanol–water partition coefficient (Wildman–Crippen LogP) is 4.09. The maximum absolute atomic E-state index is 13.6. The van der Waals surface area contributed by atoms with Gasteiger partial charge in [-0.15, -0.1) is 0 Å². The lowest BCUT2D eigenvalue weighted by Gasteiger charge is -2.42. The Bertz CT molecular complexity index is 870. The summed E-state index contributed by atoms with van der Waals surface area (Å²) in [6.07, 6.45) is -5.27. The van der Waals surface area contributed by atoms with Gasteiger partial charge in [-0.1, -0.05) is 12.1 Å².